The van der Waals surface area contributed by atoms with Gasteiger partial charge in [0.25, 0.3) is 0 Å². The van der Waals surface area contributed by atoms with Gasteiger partial charge >= 0.3 is 11.9 Å². The lowest BCUT2D eigenvalue weighted by Gasteiger charge is -1.97. The summed E-state index contributed by atoms with van der Waals surface area (Å²) in [5.41, 5.74) is 8.56. The summed E-state index contributed by atoms with van der Waals surface area (Å²) in [6.45, 7) is 2.84. The van der Waals surface area contributed by atoms with Gasteiger partial charge in [0.15, 0.2) is 0 Å². The molecule has 0 aromatic rings. The highest BCUT2D eigenvalue weighted by Crippen LogP contribution is 1.92. The van der Waals surface area contributed by atoms with Crippen molar-refractivity contribution in [3.8, 4) is 0 Å². The smallest absolute Gasteiger partial charge is 0.385 e. The topological polar surface area (TPSA) is 77.9 Å². The van der Waals surface area contributed by atoms with Gasteiger partial charge in [0.2, 0.25) is 0 Å². The molecule has 0 fully saturated rings. The first-order chi connectivity index (χ1) is 5.56. The van der Waals surface area contributed by atoms with E-state index in [2.05, 4.69) is 9.68 Å². The summed E-state index contributed by atoms with van der Waals surface area (Å²) in [6.07, 6.45) is 0.741. The van der Waals surface area contributed by atoms with Crippen molar-refractivity contribution in [2.45, 2.75) is 26.7 Å². The molecule has 0 N–H and O–H groups in total. The van der Waals surface area contributed by atoms with Crippen LogP contribution < -0.4 is 0 Å². The molecule has 0 aliphatic heterocycles. The van der Waals surface area contributed by atoms with Crippen LogP contribution in [0.4, 0.5) is 0 Å². The molecule has 0 bridgehead atoms. The Labute approximate surface area is 69.5 Å². The van der Waals surface area contributed by atoms with Crippen LogP contribution >= 0.6 is 0 Å². The first-order valence-corrected chi connectivity index (χ1v) is 3.44. The number of carbonyl (C=O) groups excluding carboxylic acids is 2. The van der Waals surface area contributed by atoms with E-state index >= 15 is 0 Å². The van der Waals surface area contributed by atoms with E-state index in [1.165, 1.54) is 0 Å². The summed E-state index contributed by atoms with van der Waals surface area (Å²) in [4.78, 5) is 28.9. The highest BCUT2D eigenvalue weighted by Gasteiger charge is 2.11. The van der Waals surface area contributed by atoms with Gasteiger partial charge in [-0.05, 0) is 6.42 Å². The maximum absolute atomic E-state index is 10.6. The maximum atomic E-state index is 10.6. The van der Waals surface area contributed by atoms with Crippen LogP contribution in [0.2, 0.25) is 0 Å². The van der Waals surface area contributed by atoms with Crippen LogP contribution in [0.3, 0.4) is 0 Å². The van der Waals surface area contributed by atoms with Crippen LogP contribution in [0.15, 0.2) is 0 Å². The molecule has 6 heteroatoms. The van der Waals surface area contributed by atoms with Gasteiger partial charge in [-0.25, -0.2) is 9.59 Å². The normalized spacial score (nSPS) is 8.83. The van der Waals surface area contributed by atoms with E-state index in [-0.39, 0.29) is 11.4 Å². The van der Waals surface area contributed by atoms with Crippen molar-refractivity contribution in [1.29, 1.82) is 0 Å². The number of rotatable bonds is 4. The fraction of sp³-hybridized carbons (Fsp3) is 0.667. The predicted molar refractivity (Wildman–Crippen MR) is 36.4 cm³/mol. The molecular weight excluding hydrogens is 164 g/mol. The van der Waals surface area contributed by atoms with Gasteiger partial charge in [-0.15, -0.1) is 0 Å². The Kier molecular flexibility index (Phi) is 4.59. The second-order valence-electron chi connectivity index (χ2n) is 2.03. The lowest BCUT2D eigenvalue weighted by molar-refractivity contribution is -0.945. The third kappa shape index (κ3) is 5.33. The van der Waals surface area contributed by atoms with Crippen molar-refractivity contribution >= 4 is 11.9 Å². The summed E-state index contributed by atoms with van der Waals surface area (Å²) in [5.74, 6) is -1.44. The van der Waals surface area contributed by atoms with E-state index in [1.807, 2.05) is 0 Å². The minimum Gasteiger partial charge on any atom is -0.390 e. The zero-order valence-electron chi connectivity index (χ0n) is 6.94. The zero-order chi connectivity index (χ0) is 9.56. The number of hydrogen-bond donors (Lipinski definition) is 0. The Balaban J connectivity index is 3.69. The van der Waals surface area contributed by atoms with Crippen molar-refractivity contribution in [3.05, 3.63) is 5.53 Å². The molecule has 0 aliphatic rings. The fourth-order valence-electron chi connectivity index (χ4n) is 0.465. The summed E-state index contributed by atoms with van der Waals surface area (Å²) < 4.78 is 0. The molecule has 0 aromatic carbocycles. The second kappa shape index (κ2) is 5.22. The number of nitrogens with zero attached hydrogens (tertiary/aromatic N) is 2. The highest BCUT2D eigenvalue weighted by molar-refractivity contribution is 5.68. The van der Waals surface area contributed by atoms with Gasteiger partial charge in [0, 0.05) is 6.92 Å². The van der Waals surface area contributed by atoms with Crippen molar-refractivity contribution in [1.82, 2.24) is 0 Å². The van der Waals surface area contributed by atoms with E-state index in [4.69, 9.17) is 5.53 Å². The molecular formula is C6H10N2O4. The minimum atomic E-state index is -0.776. The van der Waals surface area contributed by atoms with Crippen molar-refractivity contribution in [3.63, 3.8) is 0 Å². The average molecular weight is 174 g/mol. The standard InChI is InChI=1S/C6H10N2O4/c1-3-4-6(10)12-8(7)11-5(2)9/h3-4H2,1-2H3. The monoisotopic (exact) mass is 174 g/mol. The first kappa shape index (κ1) is 10.5. The minimum absolute atomic E-state index is 0.151. The molecule has 0 saturated heterocycles. The summed E-state index contributed by atoms with van der Waals surface area (Å²) >= 11 is 0. The van der Waals surface area contributed by atoms with Crippen LogP contribution in [0.5, 0.6) is 0 Å². The largest absolute Gasteiger partial charge is 0.390 e. The van der Waals surface area contributed by atoms with E-state index < -0.39 is 11.9 Å². The van der Waals surface area contributed by atoms with E-state index in [0.29, 0.717) is 6.42 Å². The molecule has 0 amide bonds. The van der Waals surface area contributed by atoms with Crippen LogP contribution in [0.1, 0.15) is 26.7 Å². The molecule has 0 rings (SSSR count). The Morgan fingerprint density at radius 3 is 2.42 bits per heavy atom. The molecule has 0 unspecified atom stereocenters. The van der Waals surface area contributed by atoms with Crippen molar-refractivity contribution in [2.75, 3.05) is 0 Å². The molecule has 0 aliphatic carbocycles. The molecule has 0 saturated carbocycles. The van der Waals surface area contributed by atoms with Gasteiger partial charge in [-0.3, -0.25) is 0 Å². The molecule has 0 heterocycles. The third-order valence-corrected chi connectivity index (χ3v) is 0.841. The van der Waals surface area contributed by atoms with E-state index in [9.17, 15) is 9.59 Å². The van der Waals surface area contributed by atoms with E-state index in [1.54, 1.807) is 6.92 Å². The quantitative estimate of drug-likeness (QED) is 0.465. The van der Waals surface area contributed by atoms with Crippen LogP contribution in [-0.4, -0.2) is 17.0 Å². The van der Waals surface area contributed by atoms with Crippen LogP contribution in [0.25, 0.3) is 5.53 Å². The molecule has 68 valence electrons. The summed E-state index contributed by atoms with van der Waals surface area (Å²) in [5, 5.41) is -0.250. The zero-order valence-corrected chi connectivity index (χ0v) is 6.94. The highest BCUT2D eigenvalue weighted by atomic mass is 17.0. The van der Waals surface area contributed by atoms with Crippen molar-refractivity contribution in [2.24, 2.45) is 0 Å². The average Bonchev–Trinajstić information content (AvgIpc) is 1.84. The predicted octanol–water partition coefficient (Wildman–Crippen LogP) is 0.757. The number of hydrogen-bond acceptors (Lipinski definition) is 4. The lowest BCUT2D eigenvalue weighted by Crippen LogP contribution is -2.17. The Hall–Kier alpha value is -1.46. The molecule has 6 nitrogen and oxygen atoms in total. The van der Waals surface area contributed by atoms with Gasteiger partial charge in [0.1, 0.15) is 5.02 Å². The molecule has 0 radical (unpaired) electrons. The third-order valence-electron chi connectivity index (χ3n) is 0.841. The molecule has 0 atom stereocenters. The number of carbonyl (C=O) groups is 2. The molecule has 12 heavy (non-hydrogen) atoms. The van der Waals surface area contributed by atoms with Gasteiger partial charge in [-0.1, -0.05) is 6.92 Å². The Bertz CT molecular complexity index is 202. The second-order valence-corrected chi connectivity index (χ2v) is 2.03. The Morgan fingerprint density at radius 2 is 2.00 bits per heavy atom. The first-order valence-electron chi connectivity index (χ1n) is 3.44. The Morgan fingerprint density at radius 1 is 1.42 bits per heavy atom. The SMILES string of the molecule is CCCC(=O)O[N+](=[N-])OC(C)=O. The molecule has 0 spiro atoms. The fourth-order valence-corrected chi connectivity index (χ4v) is 0.465. The molecule has 0 aromatic heterocycles. The summed E-state index contributed by atoms with van der Waals surface area (Å²) in [6, 6.07) is 0. The van der Waals surface area contributed by atoms with Gasteiger partial charge < -0.3 is 5.53 Å². The van der Waals surface area contributed by atoms with Crippen LogP contribution in [-0.2, 0) is 19.3 Å². The lowest BCUT2D eigenvalue weighted by atomic mass is 10.3. The van der Waals surface area contributed by atoms with E-state index in [0.717, 1.165) is 6.92 Å². The summed E-state index contributed by atoms with van der Waals surface area (Å²) in [7, 11) is 0. The van der Waals surface area contributed by atoms with Crippen LogP contribution in [0, 0.1) is 0 Å². The van der Waals surface area contributed by atoms with Gasteiger partial charge in [0.05, 0.1) is 6.42 Å². The maximum Gasteiger partial charge on any atom is 0.385 e. The van der Waals surface area contributed by atoms with Crippen molar-refractivity contribution < 1.29 is 24.3 Å². The van der Waals surface area contributed by atoms with Gasteiger partial charge in [-0.2, -0.15) is 9.68 Å².